The molecule has 0 radical (unpaired) electrons. The van der Waals surface area contributed by atoms with Crippen molar-refractivity contribution >= 4 is 34.3 Å². The molecule has 0 bridgehead atoms. The summed E-state index contributed by atoms with van der Waals surface area (Å²) in [5.74, 6) is 0.465. The highest BCUT2D eigenvalue weighted by molar-refractivity contribution is 5.94. The van der Waals surface area contributed by atoms with Crippen molar-refractivity contribution in [3.8, 4) is 11.1 Å². The Kier molecular flexibility index (Phi) is 8.48. The van der Waals surface area contributed by atoms with Crippen molar-refractivity contribution in [1.29, 1.82) is 0 Å². The number of fused-ring (bicyclic) bond motifs is 1. The Morgan fingerprint density at radius 2 is 1.86 bits per heavy atom. The van der Waals surface area contributed by atoms with Crippen molar-refractivity contribution in [3.63, 3.8) is 0 Å². The van der Waals surface area contributed by atoms with E-state index in [-0.39, 0.29) is 5.82 Å². The van der Waals surface area contributed by atoms with Crippen LogP contribution in [0.5, 0.6) is 0 Å². The SMILES string of the molecule is [NH2+]=Cc1cc(Nc2ncnc3ccc(-c4ccn(CCCN5CCOCC5)c4)cc23)ccc1NCc1cccc(F)c1. The number of halogens is 1. The molecule has 1 aliphatic heterocycles. The predicted molar refractivity (Wildman–Crippen MR) is 165 cm³/mol. The molecule has 0 spiro atoms. The van der Waals surface area contributed by atoms with E-state index in [1.165, 1.54) is 12.1 Å². The first-order chi connectivity index (χ1) is 20.6. The van der Waals surface area contributed by atoms with Crippen LogP contribution < -0.4 is 16.0 Å². The van der Waals surface area contributed by atoms with Crippen molar-refractivity contribution in [2.45, 2.75) is 19.5 Å². The van der Waals surface area contributed by atoms with Gasteiger partial charge in [-0.1, -0.05) is 18.2 Å². The summed E-state index contributed by atoms with van der Waals surface area (Å²) < 4.78 is 21.3. The molecule has 0 saturated carbocycles. The van der Waals surface area contributed by atoms with Gasteiger partial charge in [-0.2, -0.15) is 0 Å². The van der Waals surface area contributed by atoms with Crippen molar-refractivity contribution < 1.29 is 14.5 Å². The van der Waals surface area contributed by atoms with Gasteiger partial charge in [0.1, 0.15) is 18.0 Å². The Hall–Kier alpha value is -4.60. The van der Waals surface area contributed by atoms with E-state index in [4.69, 9.17) is 10.1 Å². The molecule has 1 fully saturated rings. The van der Waals surface area contributed by atoms with Crippen LogP contribution in [0.15, 0.2) is 85.5 Å². The summed E-state index contributed by atoms with van der Waals surface area (Å²) in [6.45, 7) is 6.28. The number of morpholine rings is 1. The van der Waals surface area contributed by atoms with Gasteiger partial charge in [0.05, 0.1) is 24.3 Å². The molecule has 42 heavy (non-hydrogen) atoms. The molecule has 0 aliphatic carbocycles. The van der Waals surface area contributed by atoms with Gasteiger partial charge >= 0.3 is 0 Å². The van der Waals surface area contributed by atoms with E-state index in [2.05, 4.69) is 60.7 Å². The van der Waals surface area contributed by atoms with Crippen molar-refractivity contribution in [1.82, 2.24) is 19.4 Å². The number of ether oxygens (including phenoxy) is 1. The molecule has 214 valence electrons. The summed E-state index contributed by atoms with van der Waals surface area (Å²) in [6.07, 6.45) is 8.58. The maximum Gasteiger partial charge on any atom is 0.169 e. The fourth-order valence-corrected chi connectivity index (χ4v) is 5.31. The maximum absolute atomic E-state index is 13.6. The Morgan fingerprint density at radius 1 is 0.952 bits per heavy atom. The lowest BCUT2D eigenvalue weighted by molar-refractivity contribution is -0.104. The molecule has 4 N–H and O–H groups in total. The number of aromatic nitrogens is 3. The van der Waals surface area contributed by atoms with Crippen LogP contribution in [-0.4, -0.2) is 58.5 Å². The van der Waals surface area contributed by atoms with E-state index in [0.29, 0.717) is 6.54 Å². The van der Waals surface area contributed by atoms with E-state index in [0.717, 1.165) is 96.2 Å². The van der Waals surface area contributed by atoms with Crippen LogP contribution >= 0.6 is 0 Å². The predicted octanol–water partition coefficient (Wildman–Crippen LogP) is 4.49. The van der Waals surface area contributed by atoms with Crippen LogP contribution in [0.4, 0.5) is 21.6 Å². The molecule has 1 saturated heterocycles. The van der Waals surface area contributed by atoms with Crippen molar-refractivity contribution in [2.24, 2.45) is 0 Å². The third-order valence-corrected chi connectivity index (χ3v) is 7.58. The zero-order valence-electron chi connectivity index (χ0n) is 23.5. The van der Waals surface area contributed by atoms with Gasteiger partial charge in [-0.05, 0) is 71.6 Å². The molecule has 3 heterocycles. The lowest BCUT2D eigenvalue weighted by atomic mass is 10.1. The summed E-state index contributed by atoms with van der Waals surface area (Å²) in [4.78, 5) is 11.5. The quantitative estimate of drug-likeness (QED) is 0.205. The number of nitrogens with two attached hydrogens (primary N) is 1. The van der Waals surface area contributed by atoms with Crippen LogP contribution in [0.2, 0.25) is 0 Å². The minimum atomic E-state index is -0.253. The molecule has 0 amide bonds. The Bertz CT molecular complexity index is 1680. The van der Waals surface area contributed by atoms with Gasteiger partial charge in [-0.3, -0.25) is 10.3 Å². The zero-order valence-corrected chi connectivity index (χ0v) is 23.5. The number of benzene rings is 3. The average Bonchev–Trinajstić information content (AvgIpc) is 3.50. The number of hydrogen-bond acceptors (Lipinski definition) is 6. The first kappa shape index (κ1) is 27.6. The van der Waals surface area contributed by atoms with Gasteiger partial charge < -0.3 is 19.9 Å². The van der Waals surface area contributed by atoms with Gasteiger partial charge in [-0.15, -0.1) is 0 Å². The highest BCUT2D eigenvalue weighted by atomic mass is 19.1. The molecule has 1 aliphatic rings. The van der Waals surface area contributed by atoms with Gasteiger partial charge in [0.15, 0.2) is 6.21 Å². The van der Waals surface area contributed by atoms with Gasteiger partial charge in [0.25, 0.3) is 0 Å². The third kappa shape index (κ3) is 6.64. The Labute approximate surface area is 244 Å². The van der Waals surface area contributed by atoms with Gasteiger partial charge in [0.2, 0.25) is 0 Å². The lowest BCUT2D eigenvalue weighted by Crippen LogP contribution is -2.37. The van der Waals surface area contributed by atoms with E-state index in [1.807, 2.05) is 30.3 Å². The smallest absolute Gasteiger partial charge is 0.169 e. The van der Waals surface area contributed by atoms with E-state index >= 15 is 0 Å². The molecule has 0 unspecified atom stereocenters. The fraction of sp³-hybridized carbons (Fsp3) is 0.242. The largest absolute Gasteiger partial charge is 0.380 e. The van der Waals surface area contributed by atoms with E-state index in [9.17, 15) is 4.39 Å². The number of hydrogen-bond donors (Lipinski definition) is 3. The minimum Gasteiger partial charge on any atom is -0.380 e. The summed E-state index contributed by atoms with van der Waals surface area (Å²) in [5.41, 5.74) is 6.51. The van der Waals surface area contributed by atoms with Crippen molar-refractivity contribution in [3.05, 3.63) is 102 Å². The highest BCUT2D eigenvalue weighted by Crippen LogP contribution is 2.30. The topological polar surface area (TPSA) is 92.8 Å². The molecule has 8 nitrogen and oxygen atoms in total. The fourth-order valence-electron chi connectivity index (χ4n) is 5.31. The number of rotatable bonds is 11. The van der Waals surface area contributed by atoms with E-state index < -0.39 is 0 Å². The summed E-state index contributed by atoms with van der Waals surface area (Å²) in [6, 6.07) is 20.9. The Balaban J connectivity index is 1.15. The van der Waals surface area contributed by atoms with E-state index in [1.54, 1.807) is 18.6 Å². The zero-order chi connectivity index (χ0) is 28.7. The van der Waals surface area contributed by atoms with Crippen LogP contribution in [0.3, 0.4) is 0 Å². The maximum atomic E-state index is 13.6. The second-order valence-electron chi connectivity index (χ2n) is 10.5. The molecule has 0 atom stereocenters. The molecule has 2 aromatic heterocycles. The highest BCUT2D eigenvalue weighted by Gasteiger charge is 2.12. The molecule has 6 rings (SSSR count). The summed E-state index contributed by atoms with van der Waals surface area (Å²) >= 11 is 0. The number of nitrogens with zero attached hydrogens (tertiary/aromatic N) is 4. The first-order valence-corrected chi connectivity index (χ1v) is 14.3. The molecular formula is C33H35FN7O+. The minimum absolute atomic E-state index is 0.253. The average molecular weight is 565 g/mol. The number of anilines is 3. The normalized spacial score (nSPS) is 13.7. The lowest BCUT2D eigenvalue weighted by Gasteiger charge is -2.26. The Morgan fingerprint density at radius 3 is 2.71 bits per heavy atom. The number of nitrogens with one attached hydrogen (secondary N) is 2. The molecule has 5 aromatic rings. The first-order valence-electron chi connectivity index (χ1n) is 14.3. The van der Waals surface area contributed by atoms with Crippen LogP contribution in [-0.2, 0) is 17.8 Å². The van der Waals surface area contributed by atoms with Crippen LogP contribution in [0, 0.1) is 5.82 Å². The molecule has 3 aromatic carbocycles. The standard InChI is InChI=1S/C33H34FN7O/c34-28-4-1-3-24(17-28)21-36-31-8-6-29(18-27(31)20-35)39-33-30-19-25(5-7-32(30)37-23-38-33)26-9-12-41(22-26)11-2-10-40-13-15-42-16-14-40/h1,3-9,12,17-20,22-23,35-36H,2,10-11,13-16,21H2,(H,37,38,39)/p+1. The number of aryl methyl sites for hydroxylation is 1. The van der Waals surface area contributed by atoms with Crippen molar-refractivity contribution in [2.75, 3.05) is 43.5 Å². The monoisotopic (exact) mass is 564 g/mol. The molecular weight excluding hydrogens is 529 g/mol. The third-order valence-electron chi connectivity index (χ3n) is 7.58. The van der Waals surface area contributed by atoms with Crippen LogP contribution in [0.25, 0.3) is 22.0 Å². The summed E-state index contributed by atoms with van der Waals surface area (Å²) in [5, 5.41) is 13.7. The second kappa shape index (κ2) is 12.9. The summed E-state index contributed by atoms with van der Waals surface area (Å²) in [7, 11) is 0. The van der Waals surface area contributed by atoms with Gasteiger partial charge in [0, 0.05) is 61.9 Å². The molecule has 9 heteroatoms. The van der Waals surface area contributed by atoms with Gasteiger partial charge in [-0.25, -0.2) is 14.4 Å². The second-order valence-corrected chi connectivity index (χ2v) is 10.5. The van der Waals surface area contributed by atoms with Crippen LogP contribution in [0.1, 0.15) is 17.5 Å².